The molecule has 14 heavy (non-hydrogen) atoms. The zero-order valence-corrected chi connectivity index (χ0v) is 9.13. The fourth-order valence-corrected chi connectivity index (χ4v) is 1.79. The maximum atomic E-state index is 12.9. The Morgan fingerprint density at radius 3 is 2.79 bits per heavy atom. The van der Waals surface area contributed by atoms with E-state index in [4.69, 9.17) is 10.5 Å². The van der Waals surface area contributed by atoms with Gasteiger partial charge in [0.25, 0.3) is 0 Å². The van der Waals surface area contributed by atoms with Gasteiger partial charge in [-0.25, -0.2) is 4.39 Å². The van der Waals surface area contributed by atoms with Crippen molar-refractivity contribution < 1.29 is 9.13 Å². The van der Waals surface area contributed by atoms with Gasteiger partial charge in [-0.05, 0) is 40.9 Å². The number of nitrogens with two attached hydrogens (primary N) is 1. The zero-order chi connectivity index (χ0) is 10.1. The minimum absolute atomic E-state index is 0.142. The third-order valence-corrected chi connectivity index (χ3v) is 2.97. The fraction of sp³-hybridized carbons (Fsp3) is 0.400. The van der Waals surface area contributed by atoms with Crippen LogP contribution >= 0.6 is 15.9 Å². The summed E-state index contributed by atoms with van der Waals surface area (Å²) in [6.45, 7) is 0. The molecular weight excluding hydrogens is 249 g/mol. The molecule has 1 saturated carbocycles. The van der Waals surface area contributed by atoms with Gasteiger partial charge in [-0.2, -0.15) is 0 Å². The van der Waals surface area contributed by atoms with Crippen molar-refractivity contribution in [2.45, 2.75) is 25.0 Å². The molecule has 0 heterocycles. The molecule has 1 aromatic carbocycles. The smallest absolute Gasteiger partial charge is 0.136 e. The van der Waals surface area contributed by atoms with E-state index in [0.717, 1.165) is 17.3 Å². The molecule has 2 nitrogen and oxygen atoms in total. The van der Waals surface area contributed by atoms with Crippen molar-refractivity contribution >= 4 is 15.9 Å². The second-order valence-electron chi connectivity index (χ2n) is 3.55. The molecule has 0 aliphatic heterocycles. The summed E-state index contributed by atoms with van der Waals surface area (Å²) in [7, 11) is 0. The number of halogens is 2. The van der Waals surface area contributed by atoms with Crippen LogP contribution in [0.25, 0.3) is 0 Å². The topological polar surface area (TPSA) is 35.2 Å². The molecule has 0 radical (unpaired) electrons. The molecule has 0 bridgehead atoms. The van der Waals surface area contributed by atoms with Crippen molar-refractivity contribution in [3.8, 4) is 5.75 Å². The Morgan fingerprint density at radius 2 is 2.14 bits per heavy atom. The first-order valence-electron chi connectivity index (χ1n) is 4.52. The number of rotatable bonds is 2. The van der Waals surface area contributed by atoms with Gasteiger partial charge in [0, 0.05) is 12.1 Å². The summed E-state index contributed by atoms with van der Waals surface area (Å²) in [5.74, 6) is 0.272. The van der Waals surface area contributed by atoms with E-state index in [1.165, 1.54) is 12.1 Å². The van der Waals surface area contributed by atoms with Crippen LogP contribution in [0.15, 0.2) is 22.7 Å². The number of hydrogen-bond donors (Lipinski definition) is 1. The molecule has 1 aliphatic rings. The summed E-state index contributed by atoms with van der Waals surface area (Å²) in [6.07, 6.45) is 1.84. The third-order valence-electron chi connectivity index (χ3n) is 2.32. The highest BCUT2D eigenvalue weighted by atomic mass is 79.9. The molecule has 0 saturated heterocycles. The molecule has 1 aromatic rings. The quantitative estimate of drug-likeness (QED) is 0.886. The molecule has 1 aliphatic carbocycles. The fourth-order valence-electron chi connectivity index (χ4n) is 1.45. The van der Waals surface area contributed by atoms with Crippen molar-refractivity contribution in [1.29, 1.82) is 0 Å². The number of benzene rings is 1. The van der Waals surface area contributed by atoms with Crippen LogP contribution in [0.5, 0.6) is 5.75 Å². The number of ether oxygens (including phenoxy) is 1. The highest BCUT2D eigenvalue weighted by molar-refractivity contribution is 9.10. The van der Waals surface area contributed by atoms with E-state index in [9.17, 15) is 4.39 Å². The Hall–Kier alpha value is -0.610. The Labute approximate surface area is 90.4 Å². The van der Waals surface area contributed by atoms with E-state index >= 15 is 0 Å². The first-order chi connectivity index (χ1) is 6.65. The molecule has 76 valence electrons. The Kier molecular flexibility index (Phi) is 2.74. The summed E-state index contributed by atoms with van der Waals surface area (Å²) in [5.41, 5.74) is 5.62. The van der Waals surface area contributed by atoms with Crippen molar-refractivity contribution in [3.63, 3.8) is 0 Å². The number of hydrogen-bond acceptors (Lipinski definition) is 2. The van der Waals surface area contributed by atoms with Crippen LogP contribution in [0.3, 0.4) is 0 Å². The molecular formula is C10H11BrFNO. The highest BCUT2D eigenvalue weighted by Crippen LogP contribution is 2.30. The normalized spacial score (nSPS) is 25.6. The highest BCUT2D eigenvalue weighted by Gasteiger charge is 2.28. The van der Waals surface area contributed by atoms with Gasteiger partial charge >= 0.3 is 0 Å². The summed E-state index contributed by atoms with van der Waals surface area (Å²) in [6, 6.07) is 4.66. The van der Waals surface area contributed by atoms with E-state index in [1.807, 2.05) is 0 Å². The molecule has 0 amide bonds. The van der Waals surface area contributed by atoms with Crippen molar-refractivity contribution in [3.05, 3.63) is 28.5 Å². The molecule has 2 rings (SSSR count). The predicted octanol–water partition coefficient (Wildman–Crippen LogP) is 2.46. The lowest BCUT2D eigenvalue weighted by Crippen LogP contribution is -2.43. The lowest BCUT2D eigenvalue weighted by atomic mass is 9.90. The van der Waals surface area contributed by atoms with E-state index < -0.39 is 0 Å². The van der Waals surface area contributed by atoms with E-state index in [0.29, 0.717) is 5.75 Å². The van der Waals surface area contributed by atoms with Gasteiger partial charge in [0.2, 0.25) is 0 Å². The molecule has 4 heteroatoms. The first-order valence-corrected chi connectivity index (χ1v) is 5.32. The standard InChI is InChI=1S/C10H11BrFNO/c11-9-2-1-6(12)3-10(9)14-8-4-7(13)5-8/h1-3,7-8H,4-5,13H2. The van der Waals surface area contributed by atoms with Gasteiger partial charge in [-0.3, -0.25) is 0 Å². The molecule has 0 unspecified atom stereocenters. The van der Waals surface area contributed by atoms with Crippen molar-refractivity contribution in [2.24, 2.45) is 5.73 Å². The molecule has 1 fully saturated rings. The van der Waals surface area contributed by atoms with Crippen LogP contribution in [0.1, 0.15) is 12.8 Å². The Bertz CT molecular complexity index is 339. The minimum Gasteiger partial charge on any atom is -0.489 e. The van der Waals surface area contributed by atoms with Crippen molar-refractivity contribution in [2.75, 3.05) is 0 Å². The van der Waals surface area contributed by atoms with Crippen molar-refractivity contribution in [1.82, 2.24) is 0 Å². The van der Waals surface area contributed by atoms with Crippen LogP contribution in [0, 0.1) is 5.82 Å². The lowest BCUT2D eigenvalue weighted by molar-refractivity contribution is 0.0997. The average Bonchev–Trinajstić information content (AvgIpc) is 2.09. The summed E-state index contributed by atoms with van der Waals surface area (Å²) in [4.78, 5) is 0. The SMILES string of the molecule is NC1CC(Oc2cc(F)ccc2Br)C1. The van der Waals surface area contributed by atoms with E-state index in [-0.39, 0.29) is 18.0 Å². The first kappa shape index (κ1) is 9.93. The summed E-state index contributed by atoms with van der Waals surface area (Å²) in [5, 5.41) is 0. The van der Waals surface area contributed by atoms with Gasteiger partial charge < -0.3 is 10.5 Å². The largest absolute Gasteiger partial charge is 0.489 e. The van der Waals surface area contributed by atoms with Crippen LogP contribution in [0.4, 0.5) is 4.39 Å². The van der Waals surface area contributed by atoms with Gasteiger partial charge in [0.15, 0.2) is 0 Å². The van der Waals surface area contributed by atoms with Gasteiger partial charge in [-0.15, -0.1) is 0 Å². The molecule has 0 atom stereocenters. The predicted molar refractivity (Wildman–Crippen MR) is 55.7 cm³/mol. The second-order valence-corrected chi connectivity index (χ2v) is 4.40. The molecule has 0 aromatic heterocycles. The molecule has 0 spiro atoms. The summed E-state index contributed by atoms with van der Waals surface area (Å²) < 4.78 is 19.2. The average molecular weight is 260 g/mol. The Balaban J connectivity index is 2.05. The monoisotopic (exact) mass is 259 g/mol. The minimum atomic E-state index is -0.285. The van der Waals surface area contributed by atoms with Gasteiger partial charge in [0.05, 0.1) is 4.47 Å². The second kappa shape index (κ2) is 3.87. The molecule has 2 N–H and O–H groups in total. The van der Waals surface area contributed by atoms with E-state index in [1.54, 1.807) is 6.07 Å². The zero-order valence-electron chi connectivity index (χ0n) is 7.54. The van der Waals surface area contributed by atoms with Crippen LogP contribution < -0.4 is 10.5 Å². The lowest BCUT2D eigenvalue weighted by Gasteiger charge is -2.32. The van der Waals surface area contributed by atoms with Crippen LogP contribution in [-0.4, -0.2) is 12.1 Å². The summed E-state index contributed by atoms with van der Waals surface area (Å²) >= 11 is 3.30. The maximum absolute atomic E-state index is 12.9. The van der Waals surface area contributed by atoms with Gasteiger partial charge in [0.1, 0.15) is 17.7 Å². The Morgan fingerprint density at radius 1 is 1.43 bits per heavy atom. The maximum Gasteiger partial charge on any atom is 0.136 e. The van der Waals surface area contributed by atoms with E-state index in [2.05, 4.69) is 15.9 Å². The third kappa shape index (κ3) is 2.07. The van der Waals surface area contributed by atoms with Crippen LogP contribution in [-0.2, 0) is 0 Å². The van der Waals surface area contributed by atoms with Crippen LogP contribution in [0.2, 0.25) is 0 Å². The van der Waals surface area contributed by atoms with Gasteiger partial charge in [-0.1, -0.05) is 0 Å².